The summed E-state index contributed by atoms with van der Waals surface area (Å²) in [5, 5.41) is 12.5. The number of sulfonamides is 1. The maximum absolute atomic E-state index is 11.9. The number of pyridine rings is 1. The molecule has 0 radical (unpaired) electrons. The Morgan fingerprint density at radius 3 is 2.47 bits per heavy atom. The zero-order valence-corrected chi connectivity index (χ0v) is 8.71. The molecule has 6 nitrogen and oxygen atoms in total. The van der Waals surface area contributed by atoms with Crippen LogP contribution in [0.25, 0.3) is 0 Å². The van der Waals surface area contributed by atoms with Gasteiger partial charge < -0.3 is 4.74 Å². The molecule has 92 valence electrons. The second-order valence-electron chi connectivity index (χ2n) is 2.72. The molecule has 17 heavy (non-hydrogen) atoms. The third-order valence-corrected chi connectivity index (χ3v) is 2.29. The lowest BCUT2D eigenvalue weighted by Crippen LogP contribution is -2.19. The van der Waals surface area contributed by atoms with Gasteiger partial charge in [-0.25, -0.2) is 18.5 Å². The van der Waals surface area contributed by atoms with E-state index in [1.807, 2.05) is 0 Å². The molecule has 1 rings (SSSR count). The van der Waals surface area contributed by atoms with Gasteiger partial charge in [-0.15, -0.1) is 13.2 Å². The average Bonchev–Trinajstić information content (AvgIpc) is 2.14. The van der Waals surface area contributed by atoms with Crippen LogP contribution in [-0.2, 0) is 10.0 Å². The van der Waals surface area contributed by atoms with Crippen LogP contribution in [0.3, 0.4) is 0 Å². The number of nitriles is 1. The van der Waals surface area contributed by atoms with E-state index in [4.69, 9.17) is 10.4 Å². The molecule has 0 bridgehead atoms. The zero-order chi connectivity index (χ0) is 13.3. The van der Waals surface area contributed by atoms with Gasteiger partial charge in [-0.1, -0.05) is 0 Å². The van der Waals surface area contributed by atoms with E-state index < -0.39 is 32.7 Å². The summed E-state index contributed by atoms with van der Waals surface area (Å²) in [7, 11) is -4.19. The van der Waals surface area contributed by atoms with Gasteiger partial charge in [0.25, 0.3) is 10.0 Å². The molecule has 0 saturated carbocycles. The van der Waals surface area contributed by atoms with Crippen molar-refractivity contribution in [3.63, 3.8) is 0 Å². The first kappa shape index (κ1) is 13.2. The Balaban J connectivity index is 3.26. The van der Waals surface area contributed by atoms with Crippen molar-refractivity contribution < 1.29 is 26.3 Å². The molecule has 1 heterocycles. The third-order valence-electron chi connectivity index (χ3n) is 1.48. The van der Waals surface area contributed by atoms with Crippen LogP contribution in [0.2, 0.25) is 0 Å². The Labute approximate surface area is 93.5 Å². The van der Waals surface area contributed by atoms with Gasteiger partial charge in [0, 0.05) is 0 Å². The third kappa shape index (κ3) is 3.58. The summed E-state index contributed by atoms with van der Waals surface area (Å²) < 4.78 is 60.8. The van der Waals surface area contributed by atoms with Crippen molar-refractivity contribution in [2.24, 2.45) is 5.14 Å². The highest BCUT2D eigenvalue weighted by Crippen LogP contribution is 2.26. The second kappa shape index (κ2) is 4.19. The fraction of sp³-hybridized carbons (Fsp3) is 0.143. The van der Waals surface area contributed by atoms with Gasteiger partial charge in [0.05, 0.1) is 11.8 Å². The van der Waals surface area contributed by atoms with Crippen LogP contribution in [0.15, 0.2) is 17.3 Å². The van der Waals surface area contributed by atoms with E-state index in [-0.39, 0.29) is 0 Å². The molecule has 10 heteroatoms. The number of rotatable bonds is 2. The van der Waals surface area contributed by atoms with Crippen LogP contribution in [0.5, 0.6) is 5.75 Å². The van der Waals surface area contributed by atoms with Crippen LogP contribution in [0.1, 0.15) is 5.56 Å². The molecular weight excluding hydrogens is 263 g/mol. The van der Waals surface area contributed by atoms with E-state index in [1.165, 1.54) is 6.07 Å². The van der Waals surface area contributed by atoms with Crippen molar-refractivity contribution in [3.05, 3.63) is 17.8 Å². The smallest absolute Gasteiger partial charge is 0.403 e. The van der Waals surface area contributed by atoms with E-state index in [2.05, 4.69) is 9.72 Å². The minimum atomic E-state index is -5.00. The first-order valence-corrected chi connectivity index (χ1v) is 5.37. The topological polar surface area (TPSA) is 106 Å². The number of primary sulfonamides is 1. The van der Waals surface area contributed by atoms with Crippen LogP contribution >= 0.6 is 0 Å². The SMILES string of the molecule is N#Cc1cc(S(N)(=O)=O)ncc1OC(F)(F)F. The van der Waals surface area contributed by atoms with Crippen molar-refractivity contribution in [2.45, 2.75) is 11.4 Å². The predicted octanol–water partition coefficient (Wildman–Crippen LogP) is 0.499. The minimum Gasteiger partial charge on any atom is -0.403 e. The van der Waals surface area contributed by atoms with Gasteiger partial charge in [-0.3, -0.25) is 0 Å². The summed E-state index contributed by atoms with van der Waals surface area (Å²) >= 11 is 0. The molecule has 0 aromatic carbocycles. The molecule has 0 amide bonds. The van der Waals surface area contributed by atoms with Crippen LogP contribution in [0, 0.1) is 11.3 Å². The van der Waals surface area contributed by atoms with Crippen molar-refractivity contribution in [3.8, 4) is 11.8 Å². The second-order valence-corrected chi connectivity index (χ2v) is 4.23. The molecule has 0 aliphatic carbocycles. The predicted molar refractivity (Wildman–Crippen MR) is 47.0 cm³/mol. The lowest BCUT2D eigenvalue weighted by molar-refractivity contribution is -0.274. The van der Waals surface area contributed by atoms with Crippen molar-refractivity contribution in [2.75, 3.05) is 0 Å². The van der Waals surface area contributed by atoms with E-state index in [1.54, 1.807) is 0 Å². The molecule has 2 N–H and O–H groups in total. The average molecular weight is 267 g/mol. The molecule has 1 aromatic heterocycles. The van der Waals surface area contributed by atoms with Crippen molar-refractivity contribution in [1.82, 2.24) is 4.98 Å². The molecule has 0 unspecified atom stereocenters. The van der Waals surface area contributed by atoms with Crippen LogP contribution in [-0.4, -0.2) is 19.8 Å². The van der Waals surface area contributed by atoms with Crippen LogP contribution < -0.4 is 9.88 Å². The highest BCUT2D eigenvalue weighted by molar-refractivity contribution is 7.89. The summed E-state index contributed by atoms with van der Waals surface area (Å²) in [5.41, 5.74) is -0.638. The Bertz CT molecular complexity index is 576. The van der Waals surface area contributed by atoms with E-state index >= 15 is 0 Å². The normalized spacial score (nSPS) is 11.9. The highest BCUT2D eigenvalue weighted by Gasteiger charge is 2.32. The Morgan fingerprint density at radius 2 is 2.06 bits per heavy atom. The molecule has 0 fully saturated rings. The number of aromatic nitrogens is 1. The zero-order valence-electron chi connectivity index (χ0n) is 7.89. The van der Waals surface area contributed by atoms with Crippen LogP contribution in [0.4, 0.5) is 13.2 Å². The molecule has 0 aliphatic rings. The van der Waals surface area contributed by atoms with Gasteiger partial charge in [-0.05, 0) is 6.07 Å². The number of hydrogen-bond donors (Lipinski definition) is 1. The number of halogens is 3. The number of ether oxygens (including phenoxy) is 1. The number of hydrogen-bond acceptors (Lipinski definition) is 5. The van der Waals surface area contributed by atoms with Gasteiger partial charge in [0.15, 0.2) is 10.8 Å². The fourth-order valence-corrected chi connectivity index (χ4v) is 1.35. The summed E-state index contributed by atoms with van der Waals surface area (Å²) in [6.45, 7) is 0. The minimum absolute atomic E-state index is 0.464. The molecule has 1 aromatic rings. The Hall–Kier alpha value is -1.86. The fourth-order valence-electron chi connectivity index (χ4n) is 0.873. The highest BCUT2D eigenvalue weighted by atomic mass is 32.2. The first-order chi connectivity index (χ1) is 7.63. The maximum atomic E-state index is 11.9. The van der Waals surface area contributed by atoms with Gasteiger partial charge in [0.2, 0.25) is 0 Å². The quantitative estimate of drug-likeness (QED) is 0.839. The summed E-state index contributed by atoms with van der Waals surface area (Å²) in [6, 6.07) is 1.94. The molecule has 0 saturated heterocycles. The van der Waals surface area contributed by atoms with Gasteiger partial charge in [-0.2, -0.15) is 5.26 Å². The monoisotopic (exact) mass is 267 g/mol. The Kier molecular flexibility index (Phi) is 3.25. The summed E-state index contributed by atoms with van der Waals surface area (Å²) in [4.78, 5) is 3.15. The first-order valence-electron chi connectivity index (χ1n) is 3.82. The van der Waals surface area contributed by atoms with Crippen molar-refractivity contribution >= 4 is 10.0 Å². The number of nitrogens with two attached hydrogens (primary N) is 1. The molecular formula is C7H4F3N3O3S. The van der Waals surface area contributed by atoms with Crippen molar-refractivity contribution in [1.29, 1.82) is 5.26 Å². The standard InChI is InChI=1S/C7H4F3N3O3S/c8-7(9,10)16-5-3-13-6(17(12,14)15)1-4(5)2-11/h1,3H,(H2,12,14,15). The lowest BCUT2D eigenvalue weighted by atomic mass is 10.3. The lowest BCUT2D eigenvalue weighted by Gasteiger charge is -2.09. The summed E-state index contributed by atoms with van der Waals surface area (Å²) in [6.07, 6.45) is -4.54. The largest absolute Gasteiger partial charge is 0.573 e. The van der Waals surface area contributed by atoms with E-state index in [0.29, 0.717) is 12.3 Å². The molecule has 0 spiro atoms. The number of alkyl halides is 3. The molecule has 0 atom stereocenters. The van der Waals surface area contributed by atoms with E-state index in [0.717, 1.165) is 0 Å². The molecule has 0 aliphatic heterocycles. The van der Waals surface area contributed by atoms with Gasteiger partial charge in [0.1, 0.15) is 6.07 Å². The Morgan fingerprint density at radius 1 is 1.47 bits per heavy atom. The number of nitrogens with zero attached hydrogens (tertiary/aromatic N) is 2. The van der Waals surface area contributed by atoms with E-state index in [9.17, 15) is 21.6 Å². The maximum Gasteiger partial charge on any atom is 0.573 e. The van der Waals surface area contributed by atoms with Gasteiger partial charge >= 0.3 is 6.36 Å². The summed E-state index contributed by atoms with van der Waals surface area (Å²) in [5.74, 6) is -0.896.